The minimum absolute atomic E-state index is 0.226. The van der Waals surface area contributed by atoms with Gasteiger partial charge in [0.05, 0.1) is 0 Å². The van der Waals surface area contributed by atoms with Crippen LogP contribution in [0.25, 0.3) is 0 Å². The minimum Gasteiger partial charge on any atom is -0.315 e. The van der Waals surface area contributed by atoms with Crippen LogP contribution in [0.2, 0.25) is 0 Å². The normalized spacial score (nSPS) is 19.7. The molecule has 1 N–H and O–H groups in total. The Kier molecular flexibility index (Phi) is 2.10. The lowest BCUT2D eigenvalue weighted by atomic mass is 9.91. The fourth-order valence-corrected chi connectivity index (χ4v) is 2.43. The summed E-state index contributed by atoms with van der Waals surface area (Å²) in [6.07, 6.45) is 3.59. The van der Waals surface area contributed by atoms with Crippen molar-refractivity contribution in [3.8, 4) is 0 Å². The molecular formula is C13H15NO. The van der Waals surface area contributed by atoms with Crippen molar-refractivity contribution in [3.63, 3.8) is 0 Å². The standard InChI is InChI=1S/C13H15NO/c15-13(12-7-14-8-12)11-5-4-9-2-1-3-10(9)6-11/h4-6,12,14H,1-3,7-8H2. The third kappa shape index (κ3) is 1.49. The summed E-state index contributed by atoms with van der Waals surface area (Å²) in [6, 6.07) is 6.26. The summed E-state index contributed by atoms with van der Waals surface area (Å²) in [5.41, 5.74) is 3.76. The van der Waals surface area contributed by atoms with Crippen LogP contribution in [-0.4, -0.2) is 18.9 Å². The number of benzene rings is 1. The number of carbonyl (C=O) groups is 1. The van der Waals surface area contributed by atoms with Gasteiger partial charge in [0.15, 0.2) is 5.78 Å². The van der Waals surface area contributed by atoms with Crippen LogP contribution in [0, 0.1) is 5.92 Å². The first-order valence-corrected chi connectivity index (χ1v) is 5.71. The summed E-state index contributed by atoms with van der Waals surface area (Å²) in [4.78, 5) is 12.0. The Hall–Kier alpha value is -1.15. The molecule has 2 aliphatic rings. The van der Waals surface area contributed by atoms with Gasteiger partial charge in [-0.05, 0) is 36.5 Å². The van der Waals surface area contributed by atoms with Crippen molar-refractivity contribution in [2.75, 3.05) is 13.1 Å². The van der Waals surface area contributed by atoms with E-state index >= 15 is 0 Å². The van der Waals surface area contributed by atoms with Gasteiger partial charge in [-0.1, -0.05) is 12.1 Å². The molecule has 0 saturated carbocycles. The van der Waals surface area contributed by atoms with Crippen LogP contribution in [0.1, 0.15) is 27.9 Å². The maximum atomic E-state index is 12.0. The molecule has 2 heteroatoms. The third-order valence-corrected chi connectivity index (χ3v) is 3.54. The molecule has 0 unspecified atom stereocenters. The molecule has 0 bridgehead atoms. The summed E-state index contributed by atoms with van der Waals surface area (Å²) >= 11 is 0. The van der Waals surface area contributed by atoms with E-state index in [1.165, 1.54) is 24.0 Å². The van der Waals surface area contributed by atoms with Crippen LogP contribution < -0.4 is 5.32 Å². The lowest BCUT2D eigenvalue weighted by Crippen LogP contribution is -2.46. The van der Waals surface area contributed by atoms with E-state index < -0.39 is 0 Å². The number of hydrogen-bond acceptors (Lipinski definition) is 2. The van der Waals surface area contributed by atoms with E-state index in [-0.39, 0.29) is 5.92 Å². The molecule has 1 aromatic carbocycles. The zero-order chi connectivity index (χ0) is 10.3. The minimum atomic E-state index is 0.226. The first kappa shape index (κ1) is 9.10. The smallest absolute Gasteiger partial charge is 0.168 e. The highest BCUT2D eigenvalue weighted by Crippen LogP contribution is 2.24. The highest BCUT2D eigenvalue weighted by Gasteiger charge is 2.26. The molecule has 3 rings (SSSR count). The van der Waals surface area contributed by atoms with Gasteiger partial charge in [0.1, 0.15) is 0 Å². The van der Waals surface area contributed by atoms with E-state index in [1.807, 2.05) is 6.07 Å². The highest BCUT2D eigenvalue weighted by atomic mass is 16.1. The second-order valence-corrected chi connectivity index (χ2v) is 4.56. The number of nitrogens with one attached hydrogen (secondary N) is 1. The topological polar surface area (TPSA) is 29.1 Å². The molecule has 1 aromatic rings. The predicted molar refractivity (Wildman–Crippen MR) is 59.2 cm³/mol. The van der Waals surface area contributed by atoms with Crippen molar-refractivity contribution >= 4 is 5.78 Å². The molecule has 0 atom stereocenters. The van der Waals surface area contributed by atoms with E-state index in [4.69, 9.17) is 0 Å². The lowest BCUT2D eigenvalue weighted by Gasteiger charge is -2.25. The van der Waals surface area contributed by atoms with E-state index in [0.29, 0.717) is 5.78 Å². The first-order chi connectivity index (χ1) is 7.34. The third-order valence-electron chi connectivity index (χ3n) is 3.54. The molecule has 1 aliphatic heterocycles. The maximum Gasteiger partial charge on any atom is 0.168 e. The Morgan fingerprint density at radius 2 is 2.00 bits per heavy atom. The van der Waals surface area contributed by atoms with E-state index in [9.17, 15) is 4.79 Å². The quantitative estimate of drug-likeness (QED) is 0.736. The van der Waals surface area contributed by atoms with Gasteiger partial charge in [-0.2, -0.15) is 0 Å². The van der Waals surface area contributed by atoms with Crippen LogP contribution in [0.3, 0.4) is 0 Å². The Morgan fingerprint density at radius 1 is 1.20 bits per heavy atom. The monoisotopic (exact) mass is 201 g/mol. The molecule has 1 saturated heterocycles. The average molecular weight is 201 g/mol. The summed E-state index contributed by atoms with van der Waals surface area (Å²) in [5, 5.41) is 3.14. The molecule has 15 heavy (non-hydrogen) atoms. The molecule has 0 spiro atoms. The van der Waals surface area contributed by atoms with Gasteiger partial charge in [0, 0.05) is 24.6 Å². The SMILES string of the molecule is O=C(c1ccc2c(c1)CCC2)C1CNC1. The van der Waals surface area contributed by atoms with Crippen molar-refractivity contribution in [1.82, 2.24) is 5.32 Å². The fourth-order valence-electron chi connectivity index (χ4n) is 2.43. The molecule has 1 fully saturated rings. The van der Waals surface area contributed by atoms with Gasteiger partial charge in [0.2, 0.25) is 0 Å². The van der Waals surface area contributed by atoms with Crippen molar-refractivity contribution in [2.45, 2.75) is 19.3 Å². The molecule has 1 heterocycles. The Labute approximate surface area is 89.7 Å². The molecule has 0 radical (unpaired) electrons. The zero-order valence-electron chi connectivity index (χ0n) is 8.75. The Bertz CT molecular complexity index is 407. The summed E-state index contributed by atoms with van der Waals surface area (Å²) in [7, 11) is 0. The highest BCUT2D eigenvalue weighted by molar-refractivity contribution is 5.99. The number of ketones is 1. The maximum absolute atomic E-state index is 12.0. The summed E-state index contributed by atoms with van der Waals surface area (Å²) in [6.45, 7) is 1.71. The molecule has 0 aromatic heterocycles. The molecule has 1 aliphatic carbocycles. The van der Waals surface area contributed by atoms with E-state index in [0.717, 1.165) is 25.1 Å². The molecule has 0 amide bonds. The molecular weight excluding hydrogens is 186 g/mol. The summed E-state index contributed by atoms with van der Waals surface area (Å²) < 4.78 is 0. The Balaban J connectivity index is 1.88. The predicted octanol–water partition coefficient (Wildman–Crippen LogP) is 1.58. The van der Waals surface area contributed by atoms with Crippen LogP contribution in [-0.2, 0) is 12.8 Å². The van der Waals surface area contributed by atoms with Gasteiger partial charge in [-0.3, -0.25) is 4.79 Å². The van der Waals surface area contributed by atoms with Crippen molar-refractivity contribution in [2.24, 2.45) is 5.92 Å². The van der Waals surface area contributed by atoms with E-state index in [1.54, 1.807) is 0 Å². The fraction of sp³-hybridized carbons (Fsp3) is 0.462. The number of fused-ring (bicyclic) bond motifs is 1. The van der Waals surface area contributed by atoms with Gasteiger partial charge in [-0.25, -0.2) is 0 Å². The van der Waals surface area contributed by atoms with Crippen molar-refractivity contribution < 1.29 is 4.79 Å². The zero-order valence-corrected chi connectivity index (χ0v) is 8.75. The number of aryl methyl sites for hydroxylation is 2. The largest absolute Gasteiger partial charge is 0.315 e. The first-order valence-electron chi connectivity index (χ1n) is 5.71. The van der Waals surface area contributed by atoms with Gasteiger partial charge in [0.25, 0.3) is 0 Å². The summed E-state index contributed by atoms with van der Waals surface area (Å²) in [5.74, 6) is 0.549. The Morgan fingerprint density at radius 3 is 2.73 bits per heavy atom. The van der Waals surface area contributed by atoms with Crippen LogP contribution >= 0.6 is 0 Å². The van der Waals surface area contributed by atoms with E-state index in [2.05, 4.69) is 17.4 Å². The van der Waals surface area contributed by atoms with Crippen LogP contribution in [0.4, 0.5) is 0 Å². The average Bonchev–Trinajstić information content (AvgIpc) is 2.61. The van der Waals surface area contributed by atoms with Crippen molar-refractivity contribution in [3.05, 3.63) is 34.9 Å². The number of Topliss-reactive ketones (excluding diaryl/α,β-unsaturated/α-hetero) is 1. The van der Waals surface area contributed by atoms with Crippen LogP contribution in [0.5, 0.6) is 0 Å². The number of hydrogen-bond donors (Lipinski definition) is 1. The number of rotatable bonds is 2. The van der Waals surface area contributed by atoms with Crippen LogP contribution in [0.15, 0.2) is 18.2 Å². The van der Waals surface area contributed by atoms with Gasteiger partial charge < -0.3 is 5.32 Å². The number of carbonyl (C=O) groups excluding carboxylic acids is 1. The second kappa shape index (κ2) is 3.46. The van der Waals surface area contributed by atoms with Gasteiger partial charge in [-0.15, -0.1) is 0 Å². The molecule has 2 nitrogen and oxygen atoms in total. The van der Waals surface area contributed by atoms with Crippen molar-refractivity contribution in [1.29, 1.82) is 0 Å². The second-order valence-electron chi connectivity index (χ2n) is 4.56. The molecule has 78 valence electrons. The van der Waals surface area contributed by atoms with Gasteiger partial charge >= 0.3 is 0 Å². The lowest BCUT2D eigenvalue weighted by molar-refractivity contribution is 0.0878.